The third-order valence-electron chi connectivity index (χ3n) is 4.82. The molecule has 2 unspecified atom stereocenters. The third kappa shape index (κ3) is 4.86. The van der Waals surface area contributed by atoms with Crippen molar-refractivity contribution in [1.82, 2.24) is 4.90 Å². The van der Waals surface area contributed by atoms with Gasteiger partial charge in [-0.15, -0.1) is 0 Å². The fraction of sp³-hybridized carbons (Fsp3) is 0.350. The van der Waals surface area contributed by atoms with Gasteiger partial charge in [-0.25, -0.2) is 9.38 Å². The molecule has 7 heteroatoms. The molecule has 1 aliphatic heterocycles. The molecule has 2 N–H and O–H groups in total. The van der Waals surface area contributed by atoms with Crippen LogP contribution in [-0.2, 0) is 10.8 Å². The van der Waals surface area contributed by atoms with E-state index in [1.54, 1.807) is 18.4 Å². The van der Waals surface area contributed by atoms with E-state index >= 15 is 0 Å². The number of anilines is 1. The van der Waals surface area contributed by atoms with Crippen LogP contribution in [0.4, 0.5) is 10.1 Å². The van der Waals surface area contributed by atoms with E-state index < -0.39 is 10.8 Å². The Morgan fingerprint density at radius 2 is 1.67 bits per heavy atom. The first-order chi connectivity index (χ1) is 12.9. The average molecular weight is 389 g/mol. The van der Waals surface area contributed by atoms with Crippen LogP contribution in [0.5, 0.6) is 0 Å². The largest absolute Gasteiger partial charge is 0.370 e. The molecule has 0 aromatic heterocycles. The predicted molar refractivity (Wildman–Crippen MR) is 109 cm³/mol. The van der Waals surface area contributed by atoms with Gasteiger partial charge >= 0.3 is 0 Å². The van der Waals surface area contributed by atoms with Crippen molar-refractivity contribution in [2.45, 2.75) is 17.9 Å². The second-order valence-electron chi connectivity index (χ2n) is 6.64. The predicted octanol–water partition coefficient (Wildman–Crippen LogP) is 2.76. The van der Waals surface area contributed by atoms with Gasteiger partial charge in [0.15, 0.2) is 5.96 Å². The van der Waals surface area contributed by atoms with Crippen molar-refractivity contribution < 1.29 is 8.60 Å². The van der Waals surface area contributed by atoms with Crippen molar-refractivity contribution in [2.24, 2.45) is 10.7 Å². The highest BCUT2D eigenvalue weighted by Crippen LogP contribution is 2.20. The molecule has 5 nitrogen and oxygen atoms in total. The number of hydrogen-bond donors (Lipinski definition) is 1. The summed E-state index contributed by atoms with van der Waals surface area (Å²) in [7, 11) is -0.980. The maximum atomic E-state index is 13.1. The maximum Gasteiger partial charge on any atom is 0.191 e. The van der Waals surface area contributed by atoms with Gasteiger partial charge in [-0.05, 0) is 48.9 Å². The van der Waals surface area contributed by atoms with Gasteiger partial charge in [0.05, 0.1) is 6.04 Å². The molecule has 1 saturated heterocycles. The van der Waals surface area contributed by atoms with Crippen LogP contribution in [0.2, 0.25) is 0 Å². The topological polar surface area (TPSA) is 61.9 Å². The van der Waals surface area contributed by atoms with Crippen LogP contribution < -0.4 is 10.6 Å². The van der Waals surface area contributed by atoms with E-state index in [0.29, 0.717) is 5.96 Å². The Labute approximate surface area is 162 Å². The van der Waals surface area contributed by atoms with Crippen molar-refractivity contribution in [1.29, 1.82) is 0 Å². The number of piperazine rings is 1. The molecular weight excluding hydrogens is 363 g/mol. The summed E-state index contributed by atoms with van der Waals surface area (Å²) in [5.41, 5.74) is 8.29. The highest BCUT2D eigenvalue weighted by Gasteiger charge is 2.19. The Kier molecular flexibility index (Phi) is 6.11. The van der Waals surface area contributed by atoms with Gasteiger partial charge in [0, 0.05) is 53.8 Å². The fourth-order valence-corrected chi connectivity index (χ4v) is 3.66. The van der Waals surface area contributed by atoms with Crippen molar-refractivity contribution >= 4 is 22.4 Å². The van der Waals surface area contributed by atoms with E-state index in [-0.39, 0.29) is 11.9 Å². The van der Waals surface area contributed by atoms with E-state index in [0.717, 1.165) is 42.3 Å². The van der Waals surface area contributed by atoms with E-state index in [1.807, 2.05) is 31.2 Å². The van der Waals surface area contributed by atoms with Gasteiger partial charge in [0.2, 0.25) is 0 Å². The van der Waals surface area contributed by atoms with Crippen LogP contribution in [0, 0.1) is 5.82 Å². The van der Waals surface area contributed by atoms with Crippen LogP contribution in [0.3, 0.4) is 0 Å². The fourth-order valence-electron chi connectivity index (χ4n) is 3.14. The molecule has 0 saturated carbocycles. The van der Waals surface area contributed by atoms with Gasteiger partial charge in [0.25, 0.3) is 0 Å². The monoisotopic (exact) mass is 388 g/mol. The second-order valence-corrected chi connectivity index (χ2v) is 8.02. The lowest BCUT2D eigenvalue weighted by molar-refractivity contribution is 0.379. The highest BCUT2D eigenvalue weighted by atomic mass is 32.2. The maximum absolute atomic E-state index is 13.1. The number of nitrogens with zero attached hydrogens (tertiary/aromatic N) is 3. The van der Waals surface area contributed by atoms with Gasteiger partial charge in [-0.2, -0.15) is 0 Å². The number of nitrogens with two attached hydrogens (primary N) is 1. The summed E-state index contributed by atoms with van der Waals surface area (Å²) < 4.78 is 24.6. The molecule has 0 spiro atoms. The Balaban J connectivity index is 1.60. The molecule has 1 fully saturated rings. The first kappa shape index (κ1) is 19.4. The molecule has 2 aromatic carbocycles. The zero-order valence-electron chi connectivity index (χ0n) is 15.6. The van der Waals surface area contributed by atoms with E-state index in [9.17, 15) is 8.60 Å². The molecule has 2 aromatic rings. The first-order valence-corrected chi connectivity index (χ1v) is 10.5. The smallest absolute Gasteiger partial charge is 0.191 e. The number of halogens is 1. The molecule has 27 heavy (non-hydrogen) atoms. The minimum atomic E-state index is -0.980. The van der Waals surface area contributed by atoms with Crippen molar-refractivity contribution in [3.63, 3.8) is 0 Å². The van der Waals surface area contributed by atoms with Crippen LogP contribution in [0.1, 0.15) is 18.5 Å². The summed E-state index contributed by atoms with van der Waals surface area (Å²) in [6.07, 6.45) is 1.67. The molecule has 0 bridgehead atoms. The number of benzene rings is 2. The van der Waals surface area contributed by atoms with Crippen LogP contribution >= 0.6 is 0 Å². The summed E-state index contributed by atoms with van der Waals surface area (Å²) in [6.45, 7) is 5.17. The molecular formula is C20H25FN4OS. The number of rotatable bonds is 4. The molecule has 144 valence electrons. The molecule has 0 aliphatic carbocycles. The molecule has 3 rings (SSSR count). The highest BCUT2D eigenvalue weighted by molar-refractivity contribution is 7.84. The number of aliphatic imine (C=N–C) groups is 1. The lowest BCUT2D eigenvalue weighted by Gasteiger charge is -2.36. The van der Waals surface area contributed by atoms with Crippen molar-refractivity contribution in [3.05, 3.63) is 59.9 Å². The normalized spacial score (nSPS) is 17.7. The van der Waals surface area contributed by atoms with Crippen LogP contribution in [0.25, 0.3) is 0 Å². The second kappa shape index (κ2) is 8.52. The van der Waals surface area contributed by atoms with Gasteiger partial charge in [-0.3, -0.25) is 4.21 Å². The van der Waals surface area contributed by atoms with Crippen LogP contribution in [0.15, 0.2) is 58.4 Å². The summed E-state index contributed by atoms with van der Waals surface area (Å²) in [5, 5.41) is 0. The average Bonchev–Trinajstić information content (AvgIpc) is 2.68. The van der Waals surface area contributed by atoms with E-state index in [2.05, 4.69) is 14.8 Å². The third-order valence-corrected chi connectivity index (χ3v) is 5.75. The van der Waals surface area contributed by atoms with E-state index in [1.165, 1.54) is 12.1 Å². The molecule has 0 amide bonds. The summed E-state index contributed by atoms with van der Waals surface area (Å²) in [4.78, 5) is 9.73. The summed E-state index contributed by atoms with van der Waals surface area (Å²) >= 11 is 0. The van der Waals surface area contributed by atoms with Gasteiger partial charge in [0.1, 0.15) is 5.82 Å². The Hall–Kier alpha value is -2.41. The van der Waals surface area contributed by atoms with Crippen molar-refractivity contribution in [2.75, 3.05) is 37.3 Å². The summed E-state index contributed by atoms with van der Waals surface area (Å²) in [5.74, 6) is 0.311. The molecule has 1 heterocycles. The SMILES string of the molecule is CC(N=C(N)N1CCN(c2ccc(F)cc2)CC1)c1ccc(S(C)=O)cc1. The minimum Gasteiger partial charge on any atom is -0.370 e. The molecule has 0 radical (unpaired) electrons. The zero-order valence-corrected chi connectivity index (χ0v) is 16.5. The summed E-state index contributed by atoms with van der Waals surface area (Å²) in [6, 6.07) is 14.1. The first-order valence-electron chi connectivity index (χ1n) is 8.96. The molecule has 2 atom stereocenters. The Morgan fingerprint density at radius 1 is 1.07 bits per heavy atom. The van der Waals surface area contributed by atoms with Gasteiger partial charge < -0.3 is 15.5 Å². The minimum absolute atomic E-state index is 0.0699. The number of hydrogen-bond acceptors (Lipinski definition) is 3. The Morgan fingerprint density at radius 3 is 2.22 bits per heavy atom. The standard InChI is InChI=1S/C20H25FN4OS/c1-15(16-3-9-19(10-4-16)27(2)26)23-20(22)25-13-11-24(12-14-25)18-7-5-17(21)6-8-18/h3-10,15H,11-14H2,1-2H3,(H2,22,23). The molecule has 1 aliphatic rings. The number of guanidine groups is 1. The lowest BCUT2D eigenvalue weighted by Crippen LogP contribution is -2.51. The van der Waals surface area contributed by atoms with Crippen LogP contribution in [-0.4, -0.2) is 47.5 Å². The quantitative estimate of drug-likeness (QED) is 0.646. The van der Waals surface area contributed by atoms with E-state index in [4.69, 9.17) is 5.73 Å². The van der Waals surface area contributed by atoms with Gasteiger partial charge in [-0.1, -0.05) is 12.1 Å². The lowest BCUT2D eigenvalue weighted by atomic mass is 10.1. The van der Waals surface area contributed by atoms with Crippen molar-refractivity contribution in [3.8, 4) is 0 Å². The Bertz CT molecular complexity index is 815. The zero-order chi connectivity index (χ0) is 19.4.